The molecule has 6 nitrogen and oxygen atoms in total. The third-order valence-corrected chi connectivity index (χ3v) is 2.37. The monoisotopic (exact) mass is 250 g/mol. The highest BCUT2D eigenvalue weighted by Crippen LogP contribution is 2.20. The molecule has 0 spiro atoms. The van der Waals surface area contributed by atoms with Crippen LogP contribution in [0, 0.1) is 0 Å². The van der Waals surface area contributed by atoms with E-state index in [1.165, 1.54) is 4.90 Å². The van der Waals surface area contributed by atoms with Crippen LogP contribution in [-0.2, 0) is 4.79 Å². The molecule has 5 N–H and O–H groups in total. The Balaban J connectivity index is 2.90. The highest BCUT2D eigenvalue weighted by Gasteiger charge is 2.13. The van der Waals surface area contributed by atoms with Crippen molar-refractivity contribution >= 4 is 23.2 Å². The third-order valence-electron chi connectivity index (χ3n) is 2.37. The maximum absolute atomic E-state index is 11.9. The van der Waals surface area contributed by atoms with Crippen LogP contribution in [0.15, 0.2) is 18.2 Å². The normalized spacial score (nSPS) is 9.89. The first-order chi connectivity index (χ1) is 8.41. The molecule has 0 aliphatic carbocycles. The second-order valence-electron chi connectivity index (χ2n) is 4.15. The van der Waals surface area contributed by atoms with E-state index in [2.05, 4.69) is 5.32 Å². The predicted molar refractivity (Wildman–Crippen MR) is 71.2 cm³/mol. The number of nitrogens with one attached hydrogen (secondary N) is 1. The first-order valence-electron chi connectivity index (χ1n) is 5.55. The SMILES string of the molecule is CN(C)C(=O)c1ccc(N)cc1NCCC(N)=O. The van der Waals surface area contributed by atoms with Gasteiger partial charge < -0.3 is 21.7 Å². The van der Waals surface area contributed by atoms with Gasteiger partial charge in [-0.1, -0.05) is 0 Å². The number of primary amides is 1. The molecule has 0 aromatic heterocycles. The number of carbonyl (C=O) groups excluding carboxylic acids is 2. The first-order valence-corrected chi connectivity index (χ1v) is 5.55. The number of nitrogen functional groups attached to an aromatic ring is 1. The summed E-state index contributed by atoms with van der Waals surface area (Å²) in [6.45, 7) is 0.368. The molecule has 1 rings (SSSR count). The lowest BCUT2D eigenvalue weighted by molar-refractivity contribution is -0.117. The van der Waals surface area contributed by atoms with Crippen molar-refractivity contribution in [3.05, 3.63) is 23.8 Å². The summed E-state index contributed by atoms with van der Waals surface area (Å²) >= 11 is 0. The van der Waals surface area contributed by atoms with Crippen molar-refractivity contribution in [1.29, 1.82) is 0 Å². The Kier molecular flexibility index (Phi) is 4.53. The molecule has 0 bridgehead atoms. The number of nitrogens with zero attached hydrogens (tertiary/aromatic N) is 1. The Labute approximate surface area is 106 Å². The van der Waals surface area contributed by atoms with Crippen LogP contribution >= 0.6 is 0 Å². The zero-order chi connectivity index (χ0) is 13.7. The van der Waals surface area contributed by atoms with Gasteiger partial charge in [-0.25, -0.2) is 0 Å². The predicted octanol–water partition coefficient (Wildman–Crippen LogP) is 0.258. The maximum Gasteiger partial charge on any atom is 0.255 e. The van der Waals surface area contributed by atoms with Crippen molar-refractivity contribution in [1.82, 2.24) is 4.90 Å². The van der Waals surface area contributed by atoms with Gasteiger partial charge >= 0.3 is 0 Å². The van der Waals surface area contributed by atoms with Gasteiger partial charge in [0, 0.05) is 38.4 Å². The standard InChI is InChI=1S/C12H18N4O2/c1-16(2)12(18)9-4-3-8(13)7-10(9)15-6-5-11(14)17/h3-4,7,15H,5-6,13H2,1-2H3,(H2,14,17). The molecule has 0 saturated carbocycles. The molecule has 2 amide bonds. The van der Waals surface area contributed by atoms with E-state index < -0.39 is 5.91 Å². The van der Waals surface area contributed by atoms with Gasteiger partial charge in [0.2, 0.25) is 5.91 Å². The zero-order valence-corrected chi connectivity index (χ0v) is 10.6. The molecule has 18 heavy (non-hydrogen) atoms. The Hall–Kier alpha value is -2.24. The number of hydrogen-bond donors (Lipinski definition) is 3. The fraction of sp³-hybridized carbons (Fsp3) is 0.333. The van der Waals surface area contributed by atoms with Crippen LogP contribution in [0.4, 0.5) is 11.4 Å². The lowest BCUT2D eigenvalue weighted by Gasteiger charge is -2.15. The van der Waals surface area contributed by atoms with E-state index in [1.54, 1.807) is 32.3 Å². The maximum atomic E-state index is 11.9. The summed E-state index contributed by atoms with van der Waals surface area (Å²) in [6, 6.07) is 4.98. The van der Waals surface area contributed by atoms with Crippen molar-refractivity contribution in [2.24, 2.45) is 5.73 Å². The van der Waals surface area contributed by atoms with Crippen molar-refractivity contribution in [2.45, 2.75) is 6.42 Å². The Bertz CT molecular complexity index is 457. The van der Waals surface area contributed by atoms with Gasteiger partial charge in [-0.2, -0.15) is 0 Å². The van der Waals surface area contributed by atoms with Crippen molar-refractivity contribution in [3.63, 3.8) is 0 Å². The lowest BCUT2D eigenvalue weighted by Crippen LogP contribution is -2.23. The molecule has 0 saturated heterocycles. The molecule has 6 heteroatoms. The van der Waals surface area contributed by atoms with Crippen molar-refractivity contribution in [3.8, 4) is 0 Å². The van der Waals surface area contributed by atoms with Gasteiger partial charge in [0.25, 0.3) is 5.91 Å². The summed E-state index contributed by atoms with van der Waals surface area (Å²) in [5.74, 6) is -0.525. The number of hydrogen-bond acceptors (Lipinski definition) is 4. The number of benzene rings is 1. The van der Waals surface area contributed by atoms with Crippen LogP contribution < -0.4 is 16.8 Å². The average molecular weight is 250 g/mol. The van der Waals surface area contributed by atoms with Gasteiger partial charge in [0.1, 0.15) is 0 Å². The number of rotatable bonds is 5. The van der Waals surface area contributed by atoms with E-state index in [4.69, 9.17) is 11.5 Å². The third kappa shape index (κ3) is 3.65. The van der Waals surface area contributed by atoms with Crippen LogP contribution in [0.25, 0.3) is 0 Å². The van der Waals surface area contributed by atoms with Crippen molar-refractivity contribution in [2.75, 3.05) is 31.7 Å². The Morgan fingerprint density at radius 3 is 2.56 bits per heavy atom. The highest BCUT2D eigenvalue weighted by atomic mass is 16.2. The van der Waals surface area contributed by atoms with Crippen LogP contribution in [0.5, 0.6) is 0 Å². The lowest BCUT2D eigenvalue weighted by atomic mass is 10.1. The van der Waals surface area contributed by atoms with Gasteiger partial charge in [0.15, 0.2) is 0 Å². The molecule has 0 fully saturated rings. The fourth-order valence-electron chi connectivity index (χ4n) is 1.46. The minimum absolute atomic E-state index is 0.128. The quantitative estimate of drug-likeness (QED) is 0.652. The van der Waals surface area contributed by atoms with Gasteiger partial charge in [-0.15, -0.1) is 0 Å². The van der Waals surface area contributed by atoms with Crippen molar-refractivity contribution < 1.29 is 9.59 Å². The summed E-state index contributed by atoms with van der Waals surface area (Å²) in [7, 11) is 3.34. The molecular weight excluding hydrogens is 232 g/mol. The largest absolute Gasteiger partial charge is 0.399 e. The van der Waals surface area contributed by atoms with E-state index in [1.807, 2.05) is 0 Å². The smallest absolute Gasteiger partial charge is 0.255 e. The molecular formula is C12H18N4O2. The van der Waals surface area contributed by atoms with Gasteiger partial charge in [0.05, 0.1) is 5.56 Å². The Morgan fingerprint density at radius 1 is 1.33 bits per heavy atom. The molecule has 1 aromatic rings. The summed E-state index contributed by atoms with van der Waals surface area (Å²) < 4.78 is 0. The van der Waals surface area contributed by atoms with Crippen LogP contribution in [0.3, 0.4) is 0 Å². The highest BCUT2D eigenvalue weighted by molar-refractivity contribution is 6.00. The molecule has 0 heterocycles. The van der Waals surface area contributed by atoms with E-state index in [0.717, 1.165) is 0 Å². The summed E-state index contributed by atoms with van der Waals surface area (Å²) in [6.07, 6.45) is 0.199. The van der Waals surface area contributed by atoms with Gasteiger partial charge in [-0.3, -0.25) is 9.59 Å². The van der Waals surface area contributed by atoms with Crippen LogP contribution in [0.1, 0.15) is 16.8 Å². The number of amides is 2. The zero-order valence-electron chi connectivity index (χ0n) is 10.6. The van der Waals surface area contributed by atoms with E-state index in [9.17, 15) is 9.59 Å². The van der Waals surface area contributed by atoms with Crippen LogP contribution in [0.2, 0.25) is 0 Å². The topological polar surface area (TPSA) is 101 Å². The van der Waals surface area contributed by atoms with E-state index in [0.29, 0.717) is 23.5 Å². The van der Waals surface area contributed by atoms with Crippen LogP contribution in [-0.4, -0.2) is 37.4 Å². The molecule has 0 aliphatic heterocycles. The van der Waals surface area contributed by atoms with Gasteiger partial charge in [-0.05, 0) is 18.2 Å². The second-order valence-corrected chi connectivity index (χ2v) is 4.15. The molecule has 0 unspecified atom stereocenters. The molecule has 0 atom stereocenters. The molecule has 98 valence electrons. The minimum atomic E-state index is -0.396. The first kappa shape index (κ1) is 13.8. The number of nitrogens with two attached hydrogens (primary N) is 2. The number of carbonyl (C=O) groups is 2. The molecule has 0 aliphatic rings. The minimum Gasteiger partial charge on any atom is -0.399 e. The molecule has 0 radical (unpaired) electrons. The molecule has 1 aromatic carbocycles. The fourth-order valence-corrected chi connectivity index (χ4v) is 1.46. The summed E-state index contributed by atoms with van der Waals surface area (Å²) in [5, 5.41) is 2.99. The second kappa shape index (κ2) is 5.90. The van der Waals surface area contributed by atoms with E-state index >= 15 is 0 Å². The van der Waals surface area contributed by atoms with E-state index in [-0.39, 0.29) is 12.3 Å². The average Bonchev–Trinajstić information content (AvgIpc) is 2.27. The number of anilines is 2. The Morgan fingerprint density at radius 2 is 2.00 bits per heavy atom. The summed E-state index contributed by atoms with van der Waals surface area (Å²) in [4.78, 5) is 24.1. The summed E-state index contributed by atoms with van der Waals surface area (Å²) in [5.41, 5.74) is 12.4.